The van der Waals surface area contributed by atoms with E-state index in [9.17, 15) is 0 Å². The fourth-order valence-electron chi connectivity index (χ4n) is 2.05. The maximum absolute atomic E-state index is 5.56. The summed E-state index contributed by atoms with van der Waals surface area (Å²) in [5.41, 5.74) is 3.44. The molecule has 3 heteroatoms. The summed E-state index contributed by atoms with van der Waals surface area (Å²) >= 11 is 0. The molecule has 16 heavy (non-hydrogen) atoms. The summed E-state index contributed by atoms with van der Waals surface area (Å²) in [7, 11) is 0. The van der Waals surface area contributed by atoms with Gasteiger partial charge in [-0.05, 0) is 18.6 Å². The average molecular weight is 212 g/mol. The lowest BCUT2D eigenvalue weighted by atomic mass is 10.1. The van der Waals surface area contributed by atoms with Crippen LogP contribution in [0.15, 0.2) is 35.0 Å². The Morgan fingerprint density at radius 2 is 2.12 bits per heavy atom. The van der Waals surface area contributed by atoms with Gasteiger partial charge >= 0.3 is 0 Å². The van der Waals surface area contributed by atoms with Crippen molar-refractivity contribution in [1.29, 1.82) is 0 Å². The highest BCUT2D eigenvalue weighted by Gasteiger charge is 2.11. The largest absolute Gasteiger partial charge is 0.441 e. The molecule has 2 heterocycles. The number of fused-ring (bicyclic) bond motifs is 1. The lowest BCUT2D eigenvalue weighted by Gasteiger charge is -1.98. The second kappa shape index (κ2) is 3.23. The summed E-state index contributed by atoms with van der Waals surface area (Å²) in [6, 6.07) is 6.21. The van der Waals surface area contributed by atoms with Crippen LogP contribution in [0.4, 0.5) is 0 Å². The second-order valence-corrected chi connectivity index (χ2v) is 3.94. The van der Waals surface area contributed by atoms with Gasteiger partial charge in [-0.3, -0.25) is 0 Å². The van der Waals surface area contributed by atoms with Crippen LogP contribution in [0, 0.1) is 13.8 Å². The average Bonchev–Trinajstić information content (AvgIpc) is 2.84. The maximum atomic E-state index is 5.56. The summed E-state index contributed by atoms with van der Waals surface area (Å²) in [6.07, 6.45) is 3.74. The Balaban J connectivity index is 2.32. The highest BCUT2D eigenvalue weighted by atomic mass is 16.4. The third-order valence-electron chi connectivity index (χ3n) is 2.80. The zero-order valence-corrected chi connectivity index (χ0v) is 9.24. The molecule has 0 spiro atoms. The zero-order chi connectivity index (χ0) is 11.1. The molecule has 3 nitrogen and oxygen atoms in total. The van der Waals surface area contributed by atoms with Crippen LogP contribution in [0.5, 0.6) is 0 Å². The smallest absolute Gasteiger partial charge is 0.191 e. The molecule has 0 amide bonds. The van der Waals surface area contributed by atoms with Crippen LogP contribution in [0.25, 0.3) is 22.2 Å². The highest BCUT2D eigenvalue weighted by Crippen LogP contribution is 2.31. The molecule has 1 aromatic carbocycles. The number of rotatable bonds is 1. The standard InChI is InChI=1S/C13H12N2O/c1-8-4-3-5-11-13(8)10(6-15-11)12-7-14-9(2)16-12/h3-7,15H,1-2H3. The Morgan fingerprint density at radius 3 is 2.88 bits per heavy atom. The van der Waals surface area contributed by atoms with Crippen molar-refractivity contribution in [3.05, 3.63) is 42.0 Å². The normalized spacial score (nSPS) is 11.1. The van der Waals surface area contributed by atoms with Crippen LogP contribution in [-0.4, -0.2) is 9.97 Å². The quantitative estimate of drug-likeness (QED) is 0.671. The van der Waals surface area contributed by atoms with E-state index in [2.05, 4.69) is 29.0 Å². The number of aromatic amines is 1. The predicted molar refractivity (Wildman–Crippen MR) is 63.3 cm³/mol. The van der Waals surface area contributed by atoms with Gasteiger partial charge in [0.2, 0.25) is 0 Å². The van der Waals surface area contributed by atoms with Gasteiger partial charge in [0, 0.05) is 29.6 Å². The molecule has 0 unspecified atom stereocenters. The molecule has 0 bridgehead atoms. The van der Waals surface area contributed by atoms with Crippen molar-refractivity contribution >= 4 is 10.9 Å². The Morgan fingerprint density at radius 1 is 1.25 bits per heavy atom. The number of oxazole rings is 1. The first-order valence-electron chi connectivity index (χ1n) is 5.25. The van der Waals surface area contributed by atoms with Gasteiger partial charge in [-0.2, -0.15) is 0 Å². The van der Waals surface area contributed by atoms with Crippen LogP contribution in [0.3, 0.4) is 0 Å². The van der Waals surface area contributed by atoms with Crippen molar-refractivity contribution in [2.24, 2.45) is 0 Å². The van der Waals surface area contributed by atoms with E-state index >= 15 is 0 Å². The van der Waals surface area contributed by atoms with Crippen molar-refractivity contribution in [2.45, 2.75) is 13.8 Å². The van der Waals surface area contributed by atoms with E-state index in [1.165, 1.54) is 10.9 Å². The minimum atomic E-state index is 0.693. The number of nitrogens with one attached hydrogen (secondary N) is 1. The van der Waals surface area contributed by atoms with Crippen molar-refractivity contribution < 1.29 is 4.42 Å². The van der Waals surface area contributed by atoms with E-state index < -0.39 is 0 Å². The summed E-state index contributed by atoms with van der Waals surface area (Å²) in [5.74, 6) is 1.51. The molecular weight excluding hydrogens is 200 g/mol. The van der Waals surface area contributed by atoms with E-state index in [0.717, 1.165) is 16.8 Å². The molecule has 0 aliphatic rings. The Bertz CT molecular complexity index is 649. The van der Waals surface area contributed by atoms with Gasteiger partial charge in [0.15, 0.2) is 11.7 Å². The van der Waals surface area contributed by atoms with Gasteiger partial charge in [-0.15, -0.1) is 0 Å². The SMILES string of the molecule is Cc1ncc(-c2c[nH]c3cccc(C)c23)o1. The molecule has 0 saturated heterocycles. The Kier molecular flexibility index (Phi) is 1.86. The fourth-order valence-corrected chi connectivity index (χ4v) is 2.05. The van der Waals surface area contributed by atoms with Gasteiger partial charge in [0.1, 0.15) is 0 Å². The molecular formula is C13H12N2O. The van der Waals surface area contributed by atoms with E-state index in [-0.39, 0.29) is 0 Å². The van der Waals surface area contributed by atoms with Crippen LogP contribution in [-0.2, 0) is 0 Å². The van der Waals surface area contributed by atoms with Gasteiger partial charge in [-0.25, -0.2) is 4.98 Å². The molecule has 0 aliphatic carbocycles. The number of benzene rings is 1. The first-order chi connectivity index (χ1) is 7.75. The number of aryl methyl sites for hydroxylation is 2. The molecule has 0 radical (unpaired) electrons. The van der Waals surface area contributed by atoms with Crippen LogP contribution in [0.1, 0.15) is 11.5 Å². The number of nitrogens with zero attached hydrogens (tertiary/aromatic N) is 1. The van der Waals surface area contributed by atoms with Crippen molar-refractivity contribution in [1.82, 2.24) is 9.97 Å². The Hall–Kier alpha value is -2.03. The summed E-state index contributed by atoms with van der Waals surface area (Å²) in [6.45, 7) is 3.95. The topological polar surface area (TPSA) is 41.8 Å². The van der Waals surface area contributed by atoms with Gasteiger partial charge < -0.3 is 9.40 Å². The van der Waals surface area contributed by atoms with Gasteiger partial charge in [0.05, 0.1) is 6.20 Å². The molecule has 3 rings (SSSR count). The molecule has 0 saturated carbocycles. The molecule has 0 aliphatic heterocycles. The van der Waals surface area contributed by atoms with Crippen molar-refractivity contribution in [3.8, 4) is 11.3 Å². The number of hydrogen-bond acceptors (Lipinski definition) is 2. The van der Waals surface area contributed by atoms with E-state index in [4.69, 9.17) is 4.42 Å². The van der Waals surface area contributed by atoms with Gasteiger partial charge in [0.25, 0.3) is 0 Å². The van der Waals surface area contributed by atoms with Gasteiger partial charge in [-0.1, -0.05) is 12.1 Å². The highest BCUT2D eigenvalue weighted by molar-refractivity contribution is 5.96. The fraction of sp³-hybridized carbons (Fsp3) is 0.154. The monoisotopic (exact) mass is 212 g/mol. The van der Waals surface area contributed by atoms with E-state index in [1.54, 1.807) is 6.20 Å². The number of aromatic nitrogens is 2. The first-order valence-corrected chi connectivity index (χ1v) is 5.25. The zero-order valence-electron chi connectivity index (χ0n) is 9.24. The molecule has 0 fully saturated rings. The van der Waals surface area contributed by atoms with Crippen LogP contribution in [0.2, 0.25) is 0 Å². The Labute approximate surface area is 93.1 Å². The second-order valence-electron chi connectivity index (χ2n) is 3.94. The first kappa shape index (κ1) is 9.21. The summed E-state index contributed by atoms with van der Waals surface area (Å²) in [5, 5.41) is 1.21. The minimum Gasteiger partial charge on any atom is -0.441 e. The molecule has 3 aromatic rings. The van der Waals surface area contributed by atoms with E-state index in [0.29, 0.717) is 5.89 Å². The third kappa shape index (κ3) is 1.25. The summed E-state index contributed by atoms with van der Waals surface area (Å²) < 4.78 is 5.56. The molecule has 2 aromatic heterocycles. The van der Waals surface area contributed by atoms with E-state index in [1.807, 2.05) is 19.2 Å². The lowest BCUT2D eigenvalue weighted by molar-refractivity contribution is 0.535. The predicted octanol–water partition coefficient (Wildman–Crippen LogP) is 3.44. The molecule has 80 valence electrons. The number of hydrogen-bond donors (Lipinski definition) is 1. The van der Waals surface area contributed by atoms with Crippen LogP contribution < -0.4 is 0 Å². The molecule has 1 N–H and O–H groups in total. The molecule has 0 atom stereocenters. The lowest BCUT2D eigenvalue weighted by Crippen LogP contribution is -1.76. The minimum absolute atomic E-state index is 0.693. The number of H-pyrrole nitrogens is 1. The maximum Gasteiger partial charge on any atom is 0.191 e. The third-order valence-corrected chi connectivity index (χ3v) is 2.80. The summed E-state index contributed by atoms with van der Waals surface area (Å²) in [4.78, 5) is 7.38. The van der Waals surface area contributed by atoms with Crippen molar-refractivity contribution in [2.75, 3.05) is 0 Å². The van der Waals surface area contributed by atoms with Crippen LogP contribution >= 0.6 is 0 Å². The van der Waals surface area contributed by atoms with Crippen molar-refractivity contribution in [3.63, 3.8) is 0 Å².